The Morgan fingerprint density at radius 1 is 1.32 bits per heavy atom. The lowest BCUT2D eigenvalue weighted by Gasteiger charge is -2.18. The van der Waals surface area contributed by atoms with Crippen LogP contribution in [-0.4, -0.2) is 21.1 Å². The number of nitrogens with zero attached hydrogens (tertiary/aromatic N) is 4. The van der Waals surface area contributed by atoms with Gasteiger partial charge in [-0.15, -0.1) is 6.42 Å². The van der Waals surface area contributed by atoms with Gasteiger partial charge in [0.15, 0.2) is 0 Å². The first-order valence-corrected chi connectivity index (χ1v) is 7.01. The van der Waals surface area contributed by atoms with E-state index in [4.69, 9.17) is 12.3 Å². The van der Waals surface area contributed by atoms with Crippen molar-refractivity contribution in [1.82, 2.24) is 14.5 Å². The first kappa shape index (κ1) is 15.7. The van der Waals surface area contributed by atoms with Crippen LogP contribution in [-0.2, 0) is 6.42 Å². The van der Waals surface area contributed by atoms with Gasteiger partial charge >= 0.3 is 5.69 Å². The number of terminal acetylenes is 1. The van der Waals surface area contributed by atoms with Crippen molar-refractivity contribution < 1.29 is 0 Å². The molecule has 0 aliphatic heterocycles. The lowest BCUT2D eigenvalue weighted by atomic mass is 10.1. The Labute approximate surface area is 129 Å². The normalized spacial score (nSPS) is 10.3. The van der Waals surface area contributed by atoms with Crippen molar-refractivity contribution in [1.29, 1.82) is 0 Å². The molecule has 2 rings (SSSR count). The highest BCUT2D eigenvalue weighted by Crippen LogP contribution is 2.19. The summed E-state index contributed by atoms with van der Waals surface area (Å²) in [5.41, 5.74) is 2.38. The highest BCUT2D eigenvalue weighted by Gasteiger charge is 2.16. The summed E-state index contributed by atoms with van der Waals surface area (Å²) in [4.78, 5) is 20.9. The number of benzene rings is 1. The highest BCUT2D eigenvalue weighted by atomic mass is 16.1. The summed E-state index contributed by atoms with van der Waals surface area (Å²) in [7, 11) is 0. The van der Waals surface area contributed by atoms with E-state index in [9.17, 15) is 4.79 Å². The average Bonchev–Trinajstić information content (AvgIpc) is 2.48. The number of aromatic nitrogens is 3. The number of hydrogen-bond donors (Lipinski definition) is 1. The fraction of sp³-hybridized carbons (Fsp3) is 0.312. The maximum atomic E-state index is 12.5. The summed E-state index contributed by atoms with van der Waals surface area (Å²) in [5, 5.41) is 1.19. The molecule has 0 aliphatic rings. The summed E-state index contributed by atoms with van der Waals surface area (Å²) in [5.74, 6) is 8.90. The lowest BCUT2D eigenvalue weighted by Crippen LogP contribution is -2.37. The Morgan fingerprint density at radius 3 is 2.50 bits per heavy atom. The molecule has 2 aromatic rings. The van der Waals surface area contributed by atoms with Crippen LogP contribution < -0.4 is 16.5 Å². The van der Waals surface area contributed by atoms with E-state index in [2.05, 4.69) is 15.9 Å². The van der Waals surface area contributed by atoms with Crippen molar-refractivity contribution in [2.24, 2.45) is 5.84 Å². The quantitative estimate of drug-likeness (QED) is 0.520. The molecule has 114 valence electrons. The van der Waals surface area contributed by atoms with Gasteiger partial charge in [-0.25, -0.2) is 15.2 Å². The van der Waals surface area contributed by atoms with Gasteiger partial charge < -0.3 is 0 Å². The van der Waals surface area contributed by atoms with Crippen LogP contribution in [0, 0.1) is 26.2 Å². The zero-order chi connectivity index (χ0) is 16.3. The van der Waals surface area contributed by atoms with Gasteiger partial charge in [-0.3, -0.25) is 5.01 Å². The Hall–Kier alpha value is -2.65. The average molecular weight is 297 g/mol. The standard InChI is InChI=1S/C16H19N5O/c1-5-10-20(17)15-18-13(6-2)21(16(22)19-15)14-11(3)8-7-9-12(14)4/h1,7-9H,6,10,17H2,2-4H3. The van der Waals surface area contributed by atoms with Gasteiger partial charge in [0.1, 0.15) is 5.82 Å². The topological polar surface area (TPSA) is 77.0 Å². The van der Waals surface area contributed by atoms with Gasteiger partial charge in [-0.2, -0.15) is 9.97 Å². The molecule has 0 radical (unpaired) electrons. The van der Waals surface area contributed by atoms with Gasteiger partial charge in [-0.1, -0.05) is 31.0 Å². The van der Waals surface area contributed by atoms with Crippen molar-refractivity contribution in [2.45, 2.75) is 27.2 Å². The van der Waals surface area contributed by atoms with E-state index in [0.717, 1.165) is 16.8 Å². The molecule has 22 heavy (non-hydrogen) atoms. The SMILES string of the molecule is C#CCN(N)c1nc(CC)n(-c2c(C)cccc2C)c(=O)n1. The van der Waals surface area contributed by atoms with Crippen molar-refractivity contribution in [3.8, 4) is 18.0 Å². The van der Waals surface area contributed by atoms with Gasteiger partial charge in [0.05, 0.1) is 12.2 Å². The molecule has 6 heteroatoms. The molecule has 0 saturated carbocycles. The Kier molecular flexibility index (Phi) is 4.59. The molecule has 0 aliphatic carbocycles. The van der Waals surface area contributed by atoms with Crippen LogP contribution in [0.25, 0.3) is 5.69 Å². The fourth-order valence-electron chi connectivity index (χ4n) is 2.35. The second-order valence-corrected chi connectivity index (χ2v) is 4.98. The molecule has 0 atom stereocenters. The summed E-state index contributed by atoms with van der Waals surface area (Å²) in [6.45, 7) is 5.97. The number of hydrogen-bond acceptors (Lipinski definition) is 5. The molecule has 1 aromatic heterocycles. The van der Waals surface area contributed by atoms with E-state index in [1.165, 1.54) is 9.58 Å². The van der Waals surface area contributed by atoms with Crippen molar-refractivity contribution >= 4 is 5.95 Å². The van der Waals surface area contributed by atoms with E-state index < -0.39 is 5.69 Å². The van der Waals surface area contributed by atoms with Gasteiger partial charge in [-0.05, 0) is 25.0 Å². The molecule has 6 nitrogen and oxygen atoms in total. The second-order valence-electron chi connectivity index (χ2n) is 4.98. The summed E-state index contributed by atoms with van der Waals surface area (Å²) in [6.07, 6.45) is 5.80. The van der Waals surface area contributed by atoms with Crippen LogP contribution in [0.1, 0.15) is 23.9 Å². The van der Waals surface area contributed by atoms with E-state index in [1.54, 1.807) is 0 Å². The molecular weight excluding hydrogens is 278 g/mol. The van der Waals surface area contributed by atoms with Gasteiger partial charge in [0, 0.05) is 6.42 Å². The Balaban J connectivity index is 2.69. The minimum Gasteiger partial charge on any atom is -0.266 e. The van der Waals surface area contributed by atoms with Crippen LogP contribution in [0.5, 0.6) is 0 Å². The monoisotopic (exact) mass is 297 g/mol. The largest absolute Gasteiger partial charge is 0.356 e. The third-order valence-corrected chi connectivity index (χ3v) is 3.37. The predicted molar refractivity (Wildman–Crippen MR) is 86.8 cm³/mol. The molecule has 0 saturated heterocycles. The highest BCUT2D eigenvalue weighted by molar-refractivity contribution is 5.48. The maximum Gasteiger partial charge on any atom is 0.356 e. The number of anilines is 1. The number of para-hydroxylation sites is 1. The summed E-state index contributed by atoms with van der Waals surface area (Å²) in [6, 6.07) is 5.86. The molecule has 0 unspecified atom stereocenters. The van der Waals surface area contributed by atoms with Gasteiger partial charge in [0.2, 0.25) is 5.95 Å². The predicted octanol–water partition coefficient (Wildman–Crippen LogP) is 1.12. The first-order valence-electron chi connectivity index (χ1n) is 7.01. The van der Waals surface area contributed by atoms with Gasteiger partial charge in [0.25, 0.3) is 0 Å². The van der Waals surface area contributed by atoms with E-state index in [0.29, 0.717) is 12.2 Å². The summed E-state index contributed by atoms with van der Waals surface area (Å²) < 4.78 is 1.54. The molecular formula is C16H19N5O. The Bertz CT molecular complexity index is 768. The van der Waals surface area contributed by atoms with Crippen LogP contribution in [0.2, 0.25) is 0 Å². The van der Waals surface area contributed by atoms with Crippen LogP contribution in [0.4, 0.5) is 5.95 Å². The van der Waals surface area contributed by atoms with E-state index >= 15 is 0 Å². The zero-order valence-electron chi connectivity index (χ0n) is 13.0. The maximum absolute atomic E-state index is 12.5. The third kappa shape index (κ3) is 2.85. The molecule has 1 heterocycles. The molecule has 0 spiro atoms. The number of rotatable bonds is 4. The van der Waals surface area contributed by atoms with Crippen LogP contribution >= 0.6 is 0 Å². The van der Waals surface area contributed by atoms with Crippen molar-refractivity contribution in [3.05, 3.63) is 45.6 Å². The Morgan fingerprint density at radius 2 is 1.95 bits per heavy atom. The van der Waals surface area contributed by atoms with E-state index in [1.807, 2.05) is 39.0 Å². The van der Waals surface area contributed by atoms with Crippen molar-refractivity contribution in [2.75, 3.05) is 11.6 Å². The smallest absolute Gasteiger partial charge is 0.266 e. The van der Waals surface area contributed by atoms with E-state index in [-0.39, 0.29) is 12.5 Å². The molecule has 2 N–H and O–H groups in total. The number of nitrogens with two attached hydrogens (primary N) is 1. The lowest BCUT2D eigenvalue weighted by molar-refractivity contribution is 0.737. The fourth-order valence-corrected chi connectivity index (χ4v) is 2.35. The third-order valence-electron chi connectivity index (χ3n) is 3.37. The molecule has 0 bridgehead atoms. The summed E-state index contributed by atoms with van der Waals surface area (Å²) >= 11 is 0. The minimum atomic E-state index is -0.410. The van der Waals surface area contributed by atoms with Crippen LogP contribution in [0.3, 0.4) is 0 Å². The molecule has 0 fully saturated rings. The zero-order valence-corrected chi connectivity index (χ0v) is 13.0. The number of aryl methyl sites for hydroxylation is 3. The number of hydrazine groups is 1. The minimum absolute atomic E-state index is 0.135. The molecule has 0 amide bonds. The first-order chi connectivity index (χ1) is 10.5. The molecule has 1 aromatic carbocycles. The van der Waals surface area contributed by atoms with Crippen LogP contribution in [0.15, 0.2) is 23.0 Å². The second kappa shape index (κ2) is 6.41. The van der Waals surface area contributed by atoms with Crippen molar-refractivity contribution in [3.63, 3.8) is 0 Å².